The Hall–Kier alpha value is -1.89. The van der Waals surface area contributed by atoms with Crippen LogP contribution in [0, 0.1) is 0 Å². The minimum Gasteiger partial charge on any atom is -0.376 e. The lowest BCUT2D eigenvalue weighted by molar-refractivity contribution is 0.0754. The zero-order valence-corrected chi connectivity index (χ0v) is 13.3. The lowest BCUT2D eigenvalue weighted by atomic mass is 10.2. The van der Waals surface area contributed by atoms with Crippen LogP contribution in [0.15, 0.2) is 15.8 Å². The maximum absolute atomic E-state index is 12.6. The van der Waals surface area contributed by atoms with Gasteiger partial charge in [0, 0.05) is 25.9 Å². The van der Waals surface area contributed by atoms with Gasteiger partial charge >= 0.3 is 5.69 Å². The topological polar surface area (TPSA) is 84.4 Å². The normalized spacial score (nSPS) is 22.1. The van der Waals surface area contributed by atoms with E-state index < -0.39 is 11.2 Å². The fraction of sp³-hybridized carbons (Fsp3) is 0.688. The summed E-state index contributed by atoms with van der Waals surface area (Å²) in [5, 5.41) is 0. The molecule has 7 nitrogen and oxygen atoms in total. The molecule has 0 radical (unpaired) electrons. The summed E-state index contributed by atoms with van der Waals surface area (Å²) in [5.74, 6) is -0.283. The zero-order chi connectivity index (χ0) is 16.2. The summed E-state index contributed by atoms with van der Waals surface area (Å²) >= 11 is 0. The SMILES string of the molecule is O=C(c1c[nH]c(=O)n(CC2CCCO2)c1=O)N1CCCCCC1. The molecule has 3 rings (SSSR count). The third kappa shape index (κ3) is 3.55. The Kier molecular flexibility index (Phi) is 4.95. The molecule has 0 bridgehead atoms. The highest BCUT2D eigenvalue weighted by Gasteiger charge is 2.24. The van der Waals surface area contributed by atoms with Crippen molar-refractivity contribution in [3.8, 4) is 0 Å². The van der Waals surface area contributed by atoms with Gasteiger partial charge < -0.3 is 14.6 Å². The second-order valence-corrected chi connectivity index (χ2v) is 6.26. The highest BCUT2D eigenvalue weighted by Crippen LogP contribution is 2.13. The summed E-state index contributed by atoms with van der Waals surface area (Å²) in [5.41, 5.74) is -0.957. The van der Waals surface area contributed by atoms with E-state index in [0.717, 1.165) is 43.1 Å². The van der Waals surface area contributed by atoms with Crippen molar-refractivity contribution in [1.82, 2.24) is 14.5 Å². The third-order valence-corrected chi connectivity index (χ3v) is 4.59. The van der Waals surface area contributed by atoms with Crippen molar-refractivity contribution in [1.29, 1.82) is 0 Å². The fourth-order valence-corrected chi connectivity index (χ4v) is 3.27. The standard InChI is InChI=1S/C16H23N3O4/c20-14(18-7-3-1-2-4-8-18)13-10-17-16(22)19(15(13)21)11-12-6-5-9-23-12/h10,12H,1-9,11H2,(H,17,22). The van der Waals surface area contributed by atoms with Crippen LogP contribution in [-0.2, 0) is 11.3 Å². The van der Waals surface area contributed by atoms with E-state index in [1.54, 1.807) is 4.90 Å². The Morgan fingerprint density at radius 2 is 1.91 bits per heavy atom. The first-order chi connectivity index (χ1) is 11.2. The number of carbonyl (C=O) groups is 1. The van der Waals surface area contributed by atoms with Gasteiger partial charge in [0.2, 0.25) is 0 Å². The molecule has 23 heavy (non-hydrogen) atoms. The summed E-state index contributed by atoms with van der Waals surface area (Å²) in [4.78, 5) is 41.4. The van der Waals surface area contributed by atoms with Crippen LogP contribution in [-0.4, -0.2) is 46.2 Å². The van der Waals surface area contributed by atoms with Crippen molar-refractivity contribution in [2.24, 2.45) is 0 Å². The van der Waals surface area contributed by atoms with Gasteiger partial charge in [0.15, 0.2) is 0 Å². The second-order valence-electron chi connectivity index (χ2n) is 6.26. The molecule has 1 N–H and O–H groups in total. The minimum absolute atomic E-state index is 0.0458. The van der Waals surface area contributed by atoms with Gasteiger partial charge in [-0.3, -0.25) is 14.2 Å². The molecule has 1 amide bonds. The number of nitrogens with one attached hydrogen (secondary N) is 1. The second kappa shape index (κ2) is 7.12. The molecular weight excluding hydrogens is 298 g/mol. The van der Waals surface area contributed by atoms with E-state index in [2.05, 4.69) is 4.98 Å². The summed E-state index contributed by atoms with van der Waals surface area (Å²) in [6.07, 6.45) is 7.02. The molecule has 1 atom stereocenters. The number of likely N-dealkylation sites (tertiary alicyclic amines) is 1. The number of aromatic nitrogens is 2. The van der Waals surface area contributed by atoms with Crippen molar-refractivity contribution in [3.05, 3.63) is 32.6 Å². The van der Waals surface area contributed by atoms with E-state index in [4.69, 9.17) is 4.74 Å². The van der Waals surface area contributed by atoms with Gasteiger partial charge in [-0.05, 0) is 25.7 Å². The van der Waals surface area contributed by atoms with Crippen molar-refractivity contribution in [2.75, 3.05) is 19.7 Å². The molecular formula is C16H23N3O4. The molecule has 0 aliphatic carbocycles. The first-order valence-corrected chi connectivity index (χ1v) is 8.40. The average molecular weight is 321 g/mol. The first-order valence-electron chi connectivity index (χ1n) is 8.40. The fourth-order valence-electron chi connectivity index (χ4n) is 3.27. The Morgan fingerprint density at radius 3 is 2.57 bits per heavy atom. The number of nitrogens with zero attached hydrogens (tertiary/aromatic N) is 2. The van der Waals surface area contributed by atoms with E-state index in [-0.39, 0.29) is 24.1 Å². The predicted octanol–water partition coefficient (Wildman–Crippen LogP) is 0.732. The number of aromatic amines is 1. The number of hydrogen-bond donors (Lipinski definition) is 1. The molecule has 1 aromatic rings. The molecule has 0 spiro atoms. The van der Waals surface area contributed by atoms with Crippen molar-refractivity contribution < 1.29 is 9.53 Å². The van der Waals surface area contributed by atoms with Crippen LogP contribution in [0.2, 0.25) is 0 Å². The largest absolute Gasteiger partial charge is 0.376 e. The lowest BCUT2D eigenvalue weighted by Crippen LogP contribution is -2.43. The monoisotopic (exact) mass is 321 g/mol. The molecule has 126 valence electrons. The molecule has 7 heteroatoms. The molecule has 1 aromatic heterocycles. The third-order valence-electron chi connectivity index (χ3n) is 4.59. The van der Waals surface area contributed by atoms with E-state index in [9.17, 15) is 14.4 Å². The molecule has 3 heterocycles. The zero-order valence-electron chi connectivity index (χ0n) is 13.3. The Balaban J connectivity index is 1.85. The molecule has 2 saturated heterocycles. The van der Waals surface area contributed by atoms with Gasteiger partial charge in [-0.15, -0.1) is 0 Å². The van der Waals surface area contributed by atoms with Crippen LogP contribution in [0.1, 0.15) is 48.9 Å². The van der Waals surface area contributed by atoms with Gasteiger partial charge in [0.25, 0.3) is 11.5 Å². The number of ether oxygens (including phenoxy) is 1. The number of rotatable bonds is 3. The van der Waals surface area contributed by atoms with E-state index in [0.29, 0.717) is 19.7 Å². The van der Waals surface area contributed by atoms with E-state index in [1.807, 2.05) is 0 Å². The molecule has 2 fully saturated rings. The van der Waals surface area contributed by atoms with E-state index >= 15 is 0 Å². The predicted molar refractivity (Wildman–Crippen MR) is 84.7 cm³/mol. The van der Waals surface area contributed by atoms with Crippen molar-refractivity contribution in [3.63, 3.8) is 0 Å². The molecule has 1 unspecified atom stereocenters. The molecule has 2 aliphatic rings. The number of hydrogen-bond acceptors (Lipinski definition) is 4. The van der Waals surface area contributed by atoms with Gasteiger partial charge in [0.05, 0.1) is 12.6 Å². The van der Waals surface area contributed by atoms with Gasteiger partial charge in [0.1, 0.15) is 5.56 Å². The number of H-pyrrole nitrogens is 1. The lowest BCUT2D eigenvalue weighted by Gasteiger charge is -2.20. The smallest absolute Gasteiger partial charge is 0.328 e. The molecule has 2 aliphatic heterocycles. The van der Waals surface area contributed by atoms with Crippen molar-refractivity contribution in [2.45, 2.75) is 51.2 Å². The van der Waals surface area contributed by atoms with Gasteiger partial charge in [-0.1, -0.05) is 12.8 Å². The maximum Gasteiger partial charge on any atom is 0.328 e. The van der Waals surface area contributed by atoms with Crippen LogP contribution >= 0.6 is 0 Å². The van der Waals surface area contributed by atoms with Crippen LogP contribution in [0.25, 0.3) is 0 Å². The Labute approximate surface area is 134 Å². The van der Waals surface area contributed by atoms with E-state index in [1.165, 1.54) is 6.20 Å². The quantitative estimate of drug-likeness (QED) is 0.889. The highest BCUT2D eigenvalue weighted by molar-refractivity contribution is 5.93. The summed E-state index contributed by atoms with van der Waals surface area (Å²) in [6.45, 7) is 2.20. The van der Waals surface area contributed by atoms with Crippen LogP contribution in [0.5, 0.6) is 0 Å². The Bertz CT molecular complexity index is 665. The van der Waals surface area contributed by atoms with Crippen LogP contribution in [0.3, 0.4) is 0 Å². The van der Waals surface area contributed by atoms with Gasteiger partial charge in [-0.2, -0.15) is 0 Å². The van der Waals surface area contributed by atoms with Crippen molar-refractivity contribution >= 4 is 5.91 Å². The first kappa shape index (κ1) is 16.0. The molecule has 0 aromatic carbocycles. The summed E-state index contributed by atoms with van der Waals surface area (Å²) < 4.78 is 6.59. The van der Waals surface area contributed by atoms with Gasteiger partial charge in [-0.25, -0.2) is 4.79 Å². The highest BCUT2D eigenvalue weighted by atomic mass is 16.5. The molecule has 0 saturated carbocycles. The Morgan fingerprint density at radius 1 is 1.17 bits per heavy atom. The number of amides is 1. The minimum atomic E-state index is -0.515. The maximum atomic E-state index is 12.6. The van der Waals surface area contributed by atoms with Crippen LogP contribution < -0.4 is 11.2 Å². The number of carbonyl (C=O) groups excluding carboxylic acids is 1. The average Bonchev–Trinajstić information content (AvgIpc) is 2.90. The van der Waals surface area contributed by atoms with Crippen LogP contribution in [0.4, 0.5) is 0 Å². The summed E-state index contributed by atoms with van der Waals surface area (Å²) in [7, 11) is 0. The summed E-state index contributed by atoms with van der Waals surface area (Å²) in [6, 6.07) is 0.